The minimum Gasteiger partial charge on any atom is -0.453 e. The van der Waals surface area contributed by atoms with Gasteiger partial charge in [0.05, 0.1) is 60.4 Å². The predicted molar refractivity (Wildman–Crippen MR) is 238 cm³/mol. The molecule has 4 N–H and O–H groups in total. The summed E-state index contributed by atoms with van der Waals surface area (Å²) < 4.78 is 9.63. The number of aromatic nitrogens is 5. The highest BCUT2D eigenvalue weighted by Crippen LogP contribution is 2.37. The van der Waals surface area contributed by atoms with Gasteiger partial charge in [0.2, 0.25) is 5.91 Å². The largest absolute Gasteiger partial charge is 0.453 e. The van der Waals surface area contributed by atoms with Crippen molar-refractivity contribution in [1.29, 1.82) is 0 Å². The van der Waals surface area contributed by atoms with Crippen LogP contribution in [0.2, 0.25) is 0 Å². The molecule has 0 bridgehead atoms. The van der Waals surface area contributed by atoms with Crippen LogP contribution in [0.5, 0.6) is 0 Å². The van der Waals surface area contributed by atoms with E-state index >= 15 is 0 Å². The van der Waals surface area contributed by atoms with Crippen molar-refractivity contribution in [3.63, 3.8) is 0 Å². The van der Waals surface area contributed by atoms with Gasteiger partial charge in [0, 0.05) is 35.0 Å². The molecule has 322 valence electrons. The van der Waals surface area contributed by atoms with Crippen molar-refractivity contribution in [1.82, 2.24) is 45.4 Å². The zero-order valence-corrected chi connectivity index (χ0v) is 35.6. The first kappa shape index (κ1) is 41.1. The summed E-state index contributed by atoms with van der Waals surface area (Å²) >= 11 is 0. The van der Waals surface area contributed by atoms with Crippen LogP contribution in [0.1, 0.15) is 74.9 Å². The highest BCUT2D eigenvalue weighted by Gasteiger charge is 2.39. The van der Waals surface area contributed by atoms with E-state index < -0.39 is 24.3 Å². The van der Waals surface area contributed by atoms with Crippen LogP contribution in [0.25, 0.3) is 55.2 Å². The maximum Gasteiger partial charge on any atom is 0.407 e. The third kappa shape index (κ3) is 8.02. The summed E-state index contributed by atoms with van der Waals surface area (Å²) in [5.41, 5.74) is 6.83. The lowest BCUT2D eigenvalue weighted by Crippen LogP contribution is -2.51. The maximum absolute atomic E-state index is 14.0. The van der Waals surface area contributed by atoms with E-state index in [1.807, 2.05) is 73.3 Å². The summed E-state index contributed by atoms with van der Waals surface area (Å²) in [6.07, 6.45) is 3.65. The Kier molecular flexibility index (Phi) is 11.2. The number of carbonyl (C=O) groups is 4. The average molecular weight is 848 g/mol. The number of benzene rings is 4. The van der Waals surface area contributed by atoms with Crippen molar-refractivity contribution in [2.75, 3.05) is 27.3 Å². The average Bonchev–Trinajstić information content (AvgIpc) is 4.16. The highest BCUT2D eigenvalue weighted by atomic mass is 16.5. The molecule has 15 heteroatoms. The van der Waals surface area contributed by atoms with Crippen molar-refractivity contribution in [3.05, 3.63) is 114 Å². The fourth-order valence-electron chi connectivity index (χ4n) is 9.04. The van der Waals surface area contributed by atoms with Gasteiger partial charge >= 0.3 is 12.2 Å². The van der Waals surface area contributed by atoms with Gasteiger partial charge in [0.15, 0.2) is 0 Å². The molecule has 9 rings (SSSR count). The fraction of sp³-hybridized carbons (Fsp3) is 0.312. The number of carbonyl (C=O) groups excluding carboxylic acids is 4. The molecule has 15 nitrogen and oxygen atoms in total. The second kappa shape index (κ2) is 17.2. The number of alkyl carbamates (subject to hydrolysis) is 2. The van der Waals surface area contributed by atoms with Crippen LogP contribution in [-0.2, 0) is 19.1 Å². The van der Waals surface area contributed by atoms with E-state index in [9.17, 15) is 19.2 Å². The fourth-order valence-corrected chi connectivity index (χ4v) is 9.04. The highest BCUT2D eigenvalue weighted by molar-refractivity contribution is 6.05. The summed E-state index contributed by atoms with van der Waals surface area (Å²) in [6, 6.07) is 27.6. The van der Waals surface area contributed by atoms with Gasteiger partial charge in [-0.25, -0.2) is 24.5 Å². The molecule has 3 aromatic heterocycles. The van der Waals surface area contributed by atoms with E-state index in [1.165, 1.54) is 14.2 Å². The number of aromatic amines is 2. The third-order valence-electron chi connectivity index (χ3n) is 12.3. The topological polar surface area (TPSA) is 188 Å². The number of pyridine rings is 1. The van der Waals surface area contributed by atoms with Gasteiger partial charge in [-0.3, -0.25) is 9.59 Å². The molecule has 2 fully saturated rings. The first-order chi connectivity index (χ1) is 30.6. The lowest BCUT2D eigenvalue weighted by Gasteiger charge is -2.29. The van der Waals surface area contributed by atoms with E-state index in [2.05, 4.69) is 57.0 Å². The number of likely N-dealkylation sites (tertiary alicyclic amines) is 2. The molecule has 4 atom stereocenters. The lowest BCUT2D eigenvalue weighted by molar-refractivity contribution is -0.135. The number of nitrogens with one attached hydrogen (secondary N) is 4. The number of H-pyrrole nitrogens is 2. The Morgan fingerprint density at radius 2 is 1.37 bits per heavy atom. The number of nitrogens with zero attached hydrogens (tertiary/aromatic N) is 5. The molecule has 0 radical (unpaired) electrons. The normalized spacial score (nSPS) is 17.3. The van der Waals surface area contributed by atoms with Gasteiger partial charge in [-0.2, -0.15) is 0 Å². The minimum atomic E-state index is -0.890. The van der Waals surface area contributed by atoms with Gasteiger partial charge in [-0.15, -0.1) is 0 Å². The summed E-state index contributed by atoms with van der Waals surface area (Å²) in [7, 11) is 2.57. The van der Waals surface area contributed by atoms with Gasteiger partial charge in [-0.1, -0.05) is 74.5 Å². The lowest BCUT2D eigenvalue weighted by atomic mass is 10.0. The SMILES string of the molecule is COC(=O)N[C@H](C(=O)N1CCC[C@H]1c1nc2ccc3cc(-c4ccc5cc(-c6cnc([C@@H]7CCCN7C(=O)[C@H](NC(=O)OC)c7ccccc7)[nH]6)ccc5n4)ccc3c2[nH]1)C(C)C. The van der Waals surface area contributed by atoms with Gasteiger partial charge < -0.3 is 39.9 Å². The van der Waals surface area contributed by atoms with Crippen molar-refractivity contribution < 1.29 is 28.7 Å². The molecule has 4 aromatic carbocycles. The van der Waals surface area contributed by atoms with Crippen molar-refractivity contribution >= 4 is 56.7 Å². The second-order valence-corrected chi connectivity index (χ2v) is 16.5. The summed E-state index contributed by atoms with van der Waals surface area (Å²) in [4.78, 5) is 77.4. The van der Waals surface area contributed by atoms with Crippen LogP contribution in [0.4, 0.5) is 9.59 Å². The Morgan fingerprint density at radius 1 is 0.698 bits per heavy atom. The molecule has 2 aliphatic heterocycles. The zero-order valence-electron chi connectivity index (χ0n) is 35.6. The van der Waals surface area contributed by atoms with E-state index in [4.69, 9.17) is 24.4 Å². The number of methoxy groups -OCH3 is 2. The van der Waals surface area contributed by atoms with Crippen molar-refractivity contribution in [2.24, 2.45) is 5.92 Å². The molecule has 63 heavy (non-hydrogen) atoms. The molecule has 0 spiro atoms. The standard InChI is InChI=1S/C48H49N9O6/c1-27(2)40(54-47(60)62-3)45(58)57-23-9-13-39(57)44-51-36-21-15-29-24-30(14-18-33(29)42(36)53-44)34-19-16-31-25-32(17-20-35(31)50-34)37-26-49-43(52-37)38-12-8-22-56(38)46(59)41(55-48(61)63-4)28-10-6-5-7-11-28/h5-7,10-11,14-21,24-27,38-41H,8-9,12-13,22-23H2,1-4H3,(H,49,52)(H,51,53)(H,54,60)(H,55,61)/t38-,39-,40-,41+/m0/s1. The number of fused-ring (bicyclic) bond motifs is 4. The molecule has 2 aliphatic rings. The Labute approximate surface area is 363 Å². The smallest absolute Gasteiger partial charge is 0.407 e. The number of hydrogen-bond donors (Lipinski definition) is 4. The van der Waals surface area contributed by atoms with Crippen LogP contribution in [0, 0.1) is 5.92 Å². The second-order valence-electron chi connectivity index (χ2n) is 16.5. The third-order valence-corrected chi connectivity index (χ3v) is 12.3. The van der Waals surface area contributed by atoms with Gasteiger partial charge in [-0.05, 0) is 72.9 Å². The van der Waals surface area contributed by atoms with Crippen molar-refractivity contribution in [2.45, 2.75) is 63.7 Å². The molecular formula is C48H49N9O6. The summed E-state index contributed by atoms with van der Waals surface area (Å²) in [5, 5.41) is 8.45. The minimum absolute atomic E-state index is 0.118. The van der Waals surface area contributed by atoms with Crippen molar-refractivity contribution in [3.8, 4) is 22.5 Å². The Bertz CT molecular complexity index is 2860. The number of amides is 4. The molecular weight excluding hydrogens is 799 g/mol. The molecule has 0 aliphatic carbocycles. The van der Waals surface area contributed by atoms with E-state index in [0.717, 1.165) is 86.7 Å². The number of imidazole rings is 2. The van der Waals surface area contributed by atoms with Crippen LogP contribution in [-0.4, -0.2) is 92.1 Å². The molecule has 4 amide bonds. The van der Waals surface area contributed by atoms with Gasteiger partial charge in [0.25, 0.3) is 5.91 Å². The van der Waals surface area contributed by atoms with Crippen LogP contribution in [0.3, 0.4) is 0 Å². The molecule has 0 unspecified atom stereocenters. The first-order valence-electron chi connectivity index (χ1n) is 21.3. The monoisotopic (exact) mass is 847 g/mol. The maximum atomic E-state index is 14.0. The van der Waals surface area contributed by atoms with E-state index in [0.29, 0.717) is 24.5 Å². The molecule has 2 saturated heterocycles. The Balaban J connectivity index is 0.924. The van der Waals surface area contributed by atoms with Crippen LogP contribution in [0.15, 0.2) is 97.2 Å². The quantitative estimate of drug-likeness (QED) is 0.105. The predicted octanol–water partition coefficient (Wildman–Crippen LogP) is 8.13. The molecule has 5 heterocycles. The number of hydrogen-bond acceptors (Lipinski definition) is 9. The van der Waals surface area contributed by atoms with Crippen LogP contribution < -0.4 is 10.6 Å². The first-order valence-corrected chi connectivity index (χ1v) is 21.3. The van der Waals surface area contributed by atoms with Gasteiger partial charge in [0.1, 0.15) is 23.7 Å². The number of ether oxygens (including phenoxy) is 2. The number of rotatable bonds is 10. The van der Waals surface area contributed by atoms with E-state index in [-0.39, 0.29) is 29.8 Å². The summed E-state index contributed by atoms with van der Waals surface area (Å²) in [5.74, 6) is 0.937. The van der Waals surface area contributed by atoms with E-state index in [1.54, 1.807) is 11.1 Å². The molecule has 7 aromatic rings. The zero-order chi connectivity index (χ0) is 43.8. The van der Waals surface area contributed by atoms with Crippen LogP contribution >= 0.6 is 0 Å². The Morgan fingerprint density at radius 3 is 2.11 bits per heavy atom. The Hall–Kier alpha value is -7.29. The summed E-state index contributed by atoms with van der Waals surface area (Å²) in [6.45, 7) is 4.94. The molecule has 0 saturated carbocycles.